The summed E-state index contributed by atoms with van der Waals surface area (Å²) in [5.41, 5.74) is 1.60. The Morgan fingerprint density at radius 1 is 1.39 bits per heavy atom. The van der Waals surface area contributed by atoms with Gasteiger partial charge in [-0.25, -0.2) is 13.1 Å². The van der Waals surface area contributed by atoms with Gasteiger partial charge in [0.05, 0.1) is 4.90 Å². The molecular weight excluding hydrogens is 250 g/mol. The molecule has 0 aliphatic carbocycles. The van der Waals surface area contributed by atoms with Gasteiger partial charge < -0.3 is 10.6 Å². The largest absolute Gasteiger partial charge is 0.381 e. The van der Waals surface area contributed by atoms with Crippen molar-refractivity contribution in [3.8, 4) is 0 Å². The first kappa shape index (κ1) is 13.3. The molecule has 1 fully saturated rings. The van der Waals surface area contributed by atoms with E-state index in [2.05, 4.69) is 15.4 Å². The number of hydrogen-bond donors (Lipinski definition) is 3. The van der Waals surface area contributed by atoms with Crippen molar-refractivity contribution in [1.82, 2.24) is 10.0 Å². The van der Waals surface area contributed by atoms with Gasteiger partial charge in [-0.3, -0.25) is 0 Å². The minimum Gasteiger partial charge on any atom is -0.381 e. The molecule has 1 unspecified atom stereocenters. The third-order valence-electron chi connectivity index (χ3n) is 3.18. The summed E-state index contributed by atoms with van der Waals surface area (Å²) >= 11 is 0. The third kappa shape index (κ3) is 2.82. The molecule has 3 N–H and O–H groups in total. The molecule has 0 spiro atoms. The SMILES string of the molecule is CNS(=O)(=O)c1cc(NC2CCNC2)ccc1C. The molecule has 0 radical (unpaired) electrons. The molecule has 6 heteroatoms. The van der Waals surface area contributed by atoms with Gasteiger partial charge in [-0.15, -0.1) is 0 Å². The molecule has 18 heavy (non-hydrogen) atoms. The van der Waals surface area contributed by atoms with Gasteiger partial charge in [0.15, 0.2) is 0 Å². The van der Waals surface area contributed by atoms with Crippen molar-refractivity contribution < 1.29 is 8.42 Å². The van der Waals surface area contributed by atoms with Crippen LogP contribution in [0, 0.1) is 6.92 Å². The minimum absolute atomic E-state index is 0.334. The Kier molecular flexibility index (Phi) is 3.89. The molecule has 0 saturated carbocycles. The van der Waals surface area contributed by atoms with Crippen molar-refractivity contribution in [2.24, 2.45) is 0 Å². The van der Waals surface area contributed by atoms with Crippen molar-refractivity contribution in [1.29, 1.82) is 0 Å². The average Bonchev–Trinajstić information content (AvgIpc) is 2.84. The number of rotatable bonds is 4. The smallest absolute Gasteiger partial charge is 0.240 e. The number of sulfonamides is 1. The summed E-state index contributed by atoms with van der Waals surface area (Å²) in [4.78, 5) is 0.334. The monoisotopic (exact) mass is 269 g/mol. The quantitative estimate of drug-likeness (QED) is 0.751. The summed E-state index contributed by atoms with van der Waals surface area (Å²) < 4.78 is 26.1. The highest BCUT2D eigenvalue weighted by molar-refractivity contribution is 7.89. The molecule has 0 bridgehead atoms. The number of hydrogen-bond acceptors (Lipinski definition) is 4. The van der Waals surface area contributed by atoms with E-state index in [1.165, 1.54) is 7.05 Å². The lowest BCUT2D eigenvalue weighted by Gasteiger charge is -2.15. The first-order valence-corrected chi connectivity index (χ1v) is 7.53. The molecule has 1 heterocycles. The van der Waals surface area contributed by atoms with Crippen molar-refractivity contribution in [2.75, 3.05) is 25.5 Å². The Hall–Kier alpha value is -1.11. The van der Waals surface area contributed by atoms with E-state index in [9.17, 15) is 8.42 Å². The Morgan fingerprint density at radius 2 is 2.17 bits per heavy atom. The fraction of sp³-hybridized carbons (Fsp3) is 0.500. The lowest BCUT2D eigenvalue weighted by molar-refractivity contribution is 0.587. The van der Waals surface area contributed by atoms with Crippen LogP contribution in [0.5, 0.6) is 0 Å². The fourth-order valence-corrected chi connectivity index (χ4v) is 3.10. The van der Waals surface area contributed by atoms with Crippen molar-refractivity contribution in [3.05, 3.63) is 23.8 Å². The van der Waals surface area contributed by atoms with Crippen LogP contribution in [-0.2, 0) is 10.0 Å². The van der Waals surface area contributed by atoms with Crippen LogP contribution in [0.15, 0.2) is 23.1 Å². The van der Waals surface area contributed by atoms with Gasteiger partial charge in [-0.05, 0) is 44.6 Å². The Bertz CT molecular complexity index is 522. The first-order valence-electron chi connectivity index (χ1n) is 6.04. The number of aryl methyl sites for hydroxylation is 1. The number of benzene rings is 1. The molecule has 1 saturated heterocycles. The molecule has 1 aliphatic heterocycles. The normalized spacial score (nSPS) is 20.0. The van der Waals surface area contributed by atoms with Gasteiger partial charge >= 0.3 is 0 Å². The predicted octanol–water partition coefficient (Wildman–Crippen LogP) is 0.677. The molecule has 0 aromatic heterocycles. The molecule has 100 valence electrons. The Morgan fingerprint density at radius 3 is 2.78 bits per heavy atom. The molecule has 5 nitrogen and oxygen atoms in total. The van der Waals surface area contributed by atoms with Crippen LogP contribution in [0.4, 0.5) is 5.69 Å². The van der Waals surface area contributed by atoms with Crippen LogP contribution in [0.3, 0.4) is 0 Å². The number of anilines is 1. The summed E-state index contributed by atoms with van der Waals surface area (Å²) in [6.45, 7) is 3.72. The zero-order chi connectivity index (χ0) is 13.2. The van der Waals surface area contributed by atoms with Gasteiger partial charge in [-0.1, -0.05) is 6.07 Å². The van der Waals surface area contributed by atoms with Crippen LogP contribution in [0.1, 0.15) is 12.0 Å². The van der Waals surface area contributed by atoms with Crippen LogP contribution in [0.25, 0.3) is 0 Å². The number of nitrogens with one attached hydrogen (secondary N) is 3. The summed E-state index contributed by atoms with van der Waals surface area (Å²) in [5.74, 6) is 0. The van der Waals surface area contributed by atoms with Crippen LogP contribution < -0.4 is 15.4 Å². The second-order valence-electron chi connectivity index (χ2n) is 4.52. The van der Waals surface area contributed by atoms with Crippen molar-refractivity contribution >= 4 is 15.7 Å². The summed E-state index contributed by atoms with van der Waals surface area (Å²) in [7, 11) is -1.96. The highest BCUT2D eigenvalue weighted by atomic mass is 32.2. The van der Waals surface area contributed by atoms with Gasteiger partial charge in [0, 0.05) is 18.3 Å². The molecule has 1 aliphatic rings. The van der Waals surface area contributed by atoms with E-state index in [-0.39, 0.29) is 0 Å². The molecule has 0 amide bonds. The summed E-state index contributed by atoms with van der Waals surface area (Å²) in [6, 6.07) is 5.81. The van der Waals surface area contributed by atoms with E-state index < -0.39 is 10.0 Å². The lowest BCUT2D eigenvalue weighted by atomic mass is 10.2. The molecule has 2 rings (SSSR count). The van der Waals surface area contributed by atoms with E-state index >= 15 is 0 Å². The van der Waals surface area contributed by atoms with Crippen LogP contribution >= 0.6 is 0 Å². The Balaban J connectivity index is 2.26. The second kappa shape index (κ2) is 5.26. The second-order valence-corrected chi connectivity index (χ2v) is 6.38. The van der Waals surface area contributed by atoms with E-state index in [0.29, 0.717) is 10.9 Å². The maximum atomic E-state index is 11.9. The van der Waals surface area contributed by atoms with Gasteiger partial charge in [0.25, 0.3) is 0 Å². The zero-order valence-electron chi connectivity index (χ0n) is 10.7. The Labute approximate surface area is 108 Å². The van der Waals surface area contributed by atoms with Crippen LogP contribution in [-0.4, -0.2) is 34.6 Å². The topological polar surface area (TPSA) is 70.2 Å². The molecule has 1 atom stereocenters. The lowest BCUT2D eigenvalue weighted by Crippen LogP contribution is -2.23. The van der Waals surface area contributed by atoms with Gasteiger partial charge in [0.2, 0.25) is 10.0 Å². The molecule has 1 aromatic carbocycles. The van der Waals surface area contributed by atoms with Crippen molar-refractivity contribution in [2.45, 2.75) is 24.3 Å². The highest BCUT2D eigenvalue weighted by Crippen LogP contribution is 2.21. The highest BCUT2D eigenvalue weighted by Gasteiger charge is 2.17. The minimum atomic E-state index is -3.39. The van der Waals surface area contributed by atoms with E-state index in [1.807, 2.05) is 12.1 Å². The van der Waals surface area contributed by atoms with E-state index in [4.69, 9.17) is 0 Å². The van der Waals surface area contributed by atoms with Gasteiger partial charge in [0.1, 0.15) is 0 Å². The van der Waals surface area contributed by atoms with Gasteiger partial charge in [-0.2, -0.15) is 0 Å². The molecular formula is C12H19N3O2S. The summed E-state index contributed by atoms with van der Waals surface area (Å²) in [6.07, 6.45) is 1.06. The third-order valence-corrected chi connectivity index (χ3v) is 4.73. The standard InChI is InChI=1S/C12H19N3O2S/c1-9-3-4-10(15-11-5-6-14-8-11)7-12(9)18(16,17)13-2/h3-4,7,11,13-15H,5-6,8H2,1-2H3. The summed E-state index contributed by atoms with van der Waals surface area (Å²) in [5, 5.41) is 6.62. The predicted molar refractivity (Wildman–Crippen MR) is 72.3 cm³/mol. The van der Waals surface area contributed by atoms with Crippen molar-refractivity contribution in [3.63, 3.8) is 0 Å². The van der Waals surface area contributed by atoms with Crippen LogP contribution in [0.2, 0.25) is 0 Å². The fourth-order valence-electron chi connectivity index (χ4n) is 2.10. The van der Waals surface area contributed by atoms with E-state index in [0.717, 1.165) is 30.8 Å². The average molecular weight is 269 g/mol. The maximum Gasteiger partial charge on any atom is 0.240 e. The zero-order valence-corrected chi connectivity index (χ0v) is 11.5. The van der Waals surface area contributed by atoms with E-state index in [1.54, 1.807) is 13.0 Å². The first-order chi connectivity index (χ1) is 8.53. The maximum absolute atomic E-state index is 11.9. The molecule has 1 aromatic rings.